The summed E-state index contributed by atoms with van der Waals surface area (Å²) >= 11 is 0. The van der Waals surface area contributed by atoms with Crippen LogP contribution in [0.25, 0.3) is 0 Å². The third-order valence-electron chi connectivity index (χ3n) is 1.79. The fourth-order valence-corrected chi connectivity index (χ4v) is 1.08. The van der Waals surface area contributed by atoms with Crippen molar-refractivity contribution < 1.29 is 18.8 Å². The lowest BCUT2D eigenvalue weighted by Gasteiger charge is -2.04. The number of aliphatic hydroxyl groups is 1. The lowest BCUT2D eigenvalue weighted by molar-refractivity contribution is -0.386. The summed E-state index contributed by atoms with van der Waals surface area (Å²) in [4.78, 5) is 12.6. The summed E-state index contributed by atoms with van der Waals surface area (Å²) in [6.45, 7) is -0.680. The molecule has 0 atom stereocenters. The molecule has 1 aromatic rings. The van der Waals surface area contributed by atoms with Gasteiger partial charge in [-0.3, -0.25) is 10.1 Å². The first-order valence-corrected chi connectivity index (χ1v) is 3.98. The van der Waals surface area contributed by atoms with Gasteiger partial charge in [0.2, 0.25) is 0 Å². The normalized spacial score (nSPS) is 10.2. The van der Waals surface area contributed by atoms with Crippen LogP contribution < -0.4 is 0 Å². The fourth-order valence-electron chi connectivity index (χ4n) is 1.08. The number of halogens is 2. The van der Waals surface area contributed by atoms with Gasteiger partial charge in [0.25, 0.3) is 12.1 Å². The monoisotopic (exact) mass is 229 g/mol. The van der Waals surface area contributed by atoms with Crippen LogP contribution in [0.5, 0.6) is 0 Å². The highest BCUT2D eigenvalue weighted by atomic mass is 19.3. The van der Waals surface area contributed by atoms with Crippen molar-refractivity contribution in [2.24, 2.45) is 0 Å². The van der Waals surface area contributed by atoms with Crippen LogP contribution in [0.3, 0.4) is 0 Å². The van der Waals surface area contributed by atoms with E-state index in [-0.39, 0.29) is 5.56 Å². The van der Waals surface area contributed by atoms with E-state index in [2.05, 4.69) is 4.98 Å². The van der Waals surface area contributed by atoms with E-state index in [9.17, 15) is 18.9 Å². The van der Waals surface area contributed by atoms with Gasteiger partial charge in [-0.1, -0.05) is 0 Å². The maximum Gasteiger partial charge on any atom is 0.297 e. The average Bonchev–Trinajstić information content (AvgIpc) is 2.26. The van der Waals surface area contributed by atoms with Gasteiger partial charge < -0.3 is 5.11 Å². The highest BCUT2D eigenvalue weighted by molar-refractivity contribution is 5.45. The number of nitrogens with zero attached hydrogens (tertiary/aromatic N) is 3. The van der Waals surface area contributed by atoms with Gasteiger partial charge in [-0.25, -0.2) is 13.8 Å². The molecule has 0 aliphatic heterocycles. The Balaban J connectivity index is 3.49. The molecule has 1 rings (SSSR count). The van der Waals surface area contributed by atoms with Gasteiger partial charge in [0.1, 0.15) is 11.8 Å². The molecule has 1 N–H and O–H groups in total. The number of aliphatic hydroxyl groups excluding tert-OH is 1. The van der Waals surface area contributed by atoms with E-state index in [1.54, 1.807) is 0 Å². The van der Waals surface area contributed by atoms with E-state index in [0.29, 0.717) is 0 Å². The number of pyridine rings is 1. The topological polar surface area (TPSA) is 100 Å². The zero-order valence-electron chi connectivity index (χ0n) is 7.72. The molecular weight excluding hydrogens is 224 g/mol. The molecule has 0 spiro atoms. The molecule has 1 aromatic heterocycles. The molecule has 0 aliphatic carbocycles. The minimum Gasteiger partial charge on any atom is -0.392 e. The molecule has 0 aromatic carbocycles. The van der Waals surface area contributed by atoms with Crippen LogP contribution in [0.15, 0.2) is 6.07 Å². The Hall–Kier alpha value is -2.14. The van der Waals surface area contributed by atoms with Crippen molar-refractivity contribution in [1.82, 2.24) is 4.98 Å². The lowest BCUT2D eigenvalue weighted by atomic mass is 10.1. The van der Waals surface area contributed by atoms with Gasteiger partial charge in [0.15, 0.2) is 5.69 Å². The third kappa shape index (κ3) is 2.09. The maximum atomic E-state index is 12.4. The zero-order chi connectivity index (χ0) is 12.3. The number of hydrogen-bond acceptors (Lipinski definition) is 5. The Labute approximate surface area is 87.9 Å². The lowest BCUT2D eigenvalue weighted by Crippen LogP contribution is -2.04. The predicted molar refractivity (Wildman–Crippen MR) is 46.5 cm³/mol. The fraction of sp³-hybridized carbons (Fsp3) is 0.250. The summed E-state index contributed by atoms with van der Waals surface area (Å²) in [5.41, 5.74) is -2.57. The molecule has 0 unspecified atom stereocenters. The van der Waals surface area contributed by atoms with E-state index < -0.39 is 35.0 Å². The molecule has 0 radical (unpaired) electrons. The molecule has 8 heteroatoms. The molecule has 0 aliphatic rings. The summed E-state index contributed by atoms with van der Waals surface area (Å²) in [5.74, 6) is 0. The van der Waals surface area contributed by atoms with Gasteiger partial charge in [0.05, 0.1) is 11.5 Å². The summed E-state index contributed by atoms with van der Waals surface area (Å²) in [5, 5.41) is 27.8. The molecule has 0 bridgehead atoms. The van der Waals surface area contributed by atoms with Crippen molar-refractivity contribution in [2.75, 3.05) is 0 Å². The second kappa shape index (κ2) is 4.59. The van der Waals surface area contributed by atoms with Crippen LogP contribution in [-0.2, 0) is 6.61 Å². The molecule has 6 nitrogen and oxygen atoms in total. The van der Waals surface area contributed by atoms with Crippen molar-refractivity contribution in [3.63, 3.8) is 0 Å². The summed E-state index contributed by atoms with van der Waals surface area (Å²) in [7, 11) is 0. The number of hydrogen-bond donors (Lipinski definition) is 1. The number of nitro groups is 1. The Morgan fingerprint density at radius 2 is 2.31 bits per heavy atom. The standard InChI is InChI=1S/C8H5F2N3O3/c9-8(10)7-6(13(15)16)1-4(3-14)5(2-11)12-7/h1,8,14H,3H2. The van der Waals surface area contributed by atoms with E-state index in [4.69, 9.17) is 10.4 Å². The van der Waals surface area contributed by atoms with E-state index in [0.717, 1.165) is 6.07 Å². The molecule has 1 heterocycles. The first-order valence-electron chi connectivity index (χ1n) is 3.98. The molecule has 84 valence electrons. The van der Waals surface area contributed by atoms with Crippen LogP contribution in [0.1, 0.15) is 23.4 Å². The van der Waals surface area contributed by atoms with Crippen molar-refractivity contribution in [3.8, 4) is 6.07 Å². The highest BCUT2D eigenvalue weighted by Crippen LogP contribution is 2.28. The molecular formula is C8H5F2N3O3. The Bertz CT molecular complexity index is 470. The second-order valence-electron chi connectivity index (χ2n) is 2.73. The number of rotatable bonds is 3. The van der Waals surface area contributed by atoms with Crippen LogP contribution in [0.4, 0.5) is 14.5 Å². The number of alkyl halides is 2. The molecule has 0 saturated carbocycles. The van der Waals surface area contributed by atoms with Gasteiger partial charge in [0, 0.05) is 11.6 Å². The highest BCUT2D eigenvalue weighted by Gasteiger charge is 2.26. The molecule has 16 heavy (non-hydrogen) atoms. The van der Waals surface area contributed by atoms with Gasteiger partial charge in [-0.2, -0.15) is 5.26 Å². The van der Waals surface area contributed by atoms with Crippen molar-refractivity contribution >= 4 is 5.69 Å². The summed E-state index contributed by atoms with van der Waals surface area (Å²) in [6.07, 6.45) is -3.15. The van der Waals surface area contributed by atoms with Crippen LogP contribution in [0, 0.1) is 21.4 Å². The van der Waals surface area contributed by atoms with Crippen LogP contribution in [0.2, 0.25) is 0 Å². The molecule has 0 saturated heterocycles. The molecule has 0 amide bonds. The van der Waals surface area contributed by atoms with Crippen molar-refractivity contribution in [3.05, 3.63) is 33.1 Å². The second-order valence-corrected chi connectivity index (χ2v) is 2.73. The van der Waals surface area contributed by atoms with Crippen molar-refractivity contribution in [1.29, 1.82) is 5.26 Å². The van der Waals surface area contributed by atoms with Crippen LogP contribution >= 0.6 is 0 Å². The third-order valence-corrected chi connectivity index (χ3v) is 1.79. The summed E-state index contributed by atoms with van der Waals surface area (Å²) < 4.78 is 24.8. The minimum absolute atomic E-state index is 0.154. The smallest absolute Gasteiger partial charge is 0.297 e. The zero-order valence-corrected chi connectivity index (χ0v) is 7.72. The first-order chi connectivity index (χ1) is 7.51. The SMILES string of the molecule is N#Cc1nc(C(F)F)c([N+](=O)[O-])cc1CO. The first kappa shape index (κ1) is 11.9. The predicted octanol–water partition coefficient (Wildman–Crippen LogP) is 1.29. The molecule has 0 fully saturated rings. The average molecular weight is 229 g/mol. The largest absolute Gasteiger partial charge is 0.392 e. The minimum atomic E-state index is -3.15. The number of aromatic nitrogens is 1. The Kier molecular flexibility index (Phi) is 3.42. The van der Waals surface area contributed by atoms with E-state index in [1.165, 1.54) is 6.07 Å². The Morgan fingerprint density at radius 1 is 1.69 bits per heavy atom. The van der Waals surface area contributed by atoms with E-state index in [1.807, 2.05) is 0 Å². The quantitative estimate of drug-likeness (QED) is 0.621. The van der Waals surface area contributed by atoms with Gasteiger partial charge >= 0.3 is 0 Å². The van der Waals surface area contributed by atoms with Crippen LogP contribution in [-0.4, -0.2) is 15.0 Å². The van der Waals surface area contributed by atoms with Crippen molar-refractivity contribution in [2.45, 2.75) is 13.0 Å². The Morgan fingerprint density at radius 3 is 2.69 bits per heavy atom. The maximum absolute atomic E-state index is 12.4. The van der Waals surface area contributed by atoms with Gasteiger partial charge in [-0.15, -0.1) is 0 Å². The summed E-state index contributed by atoms with van der Waals surface area (Å²) in [6, 6.07) is 2.21. The van der Waals surface area contributed by atoms with Gasteiger partial charge in [-0.05, 0) is 0 Å². The number of nitriles is 1. The van der Waals surface area contributed by atoms with E-state index >= 15 is 0 Å².